The average Bonchev–Trinajstić information content (AvgIpc) is 2.54. The van der Waals surface area contributed by atoms with Gasteiger partial charge < -0.3 is 13.9 Å². The van der Waals surface area contributed by atoms with Crippen molar-refractivity contribution in [2.75, 3.05) is 7.11 Å². The fourth-order valence-electron chi connectivity index (χ4n) is 3.17. The van der Waals surface area contributed by atoms with Crippen LogP contribution in [0.2, 0.25) is 19.6 Å². The van der Waals surface area contributed by atoms with Crippen LogP contribution in [-0.4, -0.2) is 32.9 Å². The molecule has 0 N–H and O–H groups in total. The van der Waals surface area contributed by atoms with E-state index in [1.54, 1.807) is 7.11 Å². The molecule has 1 fully saturated rings. The molecule has 20 heavy (non-hydrogen) atoms. The molecule has 0 aromatic carbocycles. The van der Waals surface area contributed by atoms with E-state index in [4.69, 9.17) is 13.9 Å². The summed E-state index contributed by atoms with van der Waals surface area (Å²) in [6.07, 6.45) is 6.85. The Morgan fingerprint density at radius 2 is 1.80 bits per heavy atom. The second kappa shape index (κ2) is 6.90. The van der Waals surface area contributed by atoms with Crippen molar-refractivity contribution in [1.82, 2.24) is 0 Å². The van der Waals surface area contributed by atoms with Crippen molar-refractivity contribution >= 4 is 8.32 Å². The topological polar surface area (TPSA) is 27.7 Å². The van der Waals surface area contributed by atoms with Gasteiger partial charge in [0.2, 0.25) is 0 Å². The molecule has 0 amide bonds. The summed E-state index contributed by atoms with van der Waals surface area (Å²) >= 11 is 0. The molecule has 0 aromatic heterocycles. The Kier molecular flexibility index (Phi) is 6.26. The molecule has 0 aliphatic carbocycles. The van der Waals surface area contributed by atoms with Gasteiger partial charge in [0.25, 0.3) is 0 Å². The summed E-state index contributed by atoms with van der Waals surface area (Å²) in [4.78, 5) is 0. The molecule has 1 aliphatic rings. The van der Waals surface area contributed by atoms with Gasteiger partial charge in [0.05, 0.1) is 11.2 Å². The summed E-state index contributed by atoms with van der Waals surface area (Å²) < 4.78 is 18.2. The van der Waals surface area contributed by atoms with Crippen LogP contribution in [-0.2, 0) is 13.9 Å². The highest BCUT2D eigenvalue weighted by atomic mass is 28.4. The third-order valence-electron chi connectivity index (χ3n) is 4.22. The monoisotopic (exact) mass is 302 g/mol. The van der Waals surface area contributed by atoms with Crippen molar-refractivity contribution < 1.29 is 13.9 Å². The summed E-state index contributed by atoms with van der Waals surface area (Å²) in [5, 5.41) is 0. The van der Waals surface area contributed by atoms with E-state index in [2.05, 4.69) is 40.4 Å². The molecular formula is C16H34O3Si. The first-order chi connectivity index (χ1) is 9.16. The highest BCUT2D eigenvalue weighted by Gasteiger charge is 2.56. The molecule has 3 nitrogen and oxygen atoms in total. The summed E-state index contributed by atoms with van der Waals surface area (Å²) in [5.74, 6) is 0. The van der Waals surface area contributed by atoms with Crippen molar-refractivity contribution in [3.8, 4) is 0 Å². The molecule has 1 rings (SSSR count). The summed E-state index contributed by atoms with van der Waals surface area (Å²) in [6.45, 7) is 13.3. The second-order valence-electron chi connectivity index (χ2n) is 7.52. The third-order valence-corrected chi connectivity index (χ3v) is 5.22. The number of hydrogen-bond acceptors (Lipinski definition) is 3. The Morgan fingerprint density at radius 3 is 2.25 bits per heavy atom. The molecular weight excluding hydrogens is 268 g/mol. The summed E-state index contributed by atoms with van der Waals surface area (Å²) in [5.41, 5.74) is -0.466. The lowest BCUT2D eigenvalue weighted by Crippen LogP contribution is -2.53. The molecule has 0 aromatic rings. The van der Waals surface area contributed by atoms with Gasteiger partial charge in [0.1, 0.15) is 0 Å². The van der Waals surface area contributed by atoms with Gasteiger partial charge in [-0.15, -0.1) is 0 Å². The molecule has 1 saturated heterocycles. The van der Waals surface area contributed by atoms with Crippen LogP contribution >= 0.6 is 0 Å². The Labute approximate surface area is 126 Å². The minimum atomic E-state index is -1.63. The fraction of sp³-hybridized carbons (Fsp3) is 1.00. The van der Waals surface area contributed by atoms with Crippen LogP contribution in [0.25, 0.3) is 0 Å². The van der Waals surface area contributed by atoms with Crippen molar-refractivity contribution in [2.45, 2.75) is 96.4 Å². The van der Waals surface area contributed by atoms with E-state index in [1.807, 2.05) is 0 Å². The molecule has 0 radical (unpaired) electrons. The van der Waals surface area contributed by atoms with Crippen LogP contribution in [0.3, 0.4) is 0 Å². The maximum absolute atomic E-state index is 6.65. The maximum atomic E-state index is 6.65. The molecule has 0 saturated carbocycles. The van der Waals surface area contributed by atoms with Gasteiger partial charge >= 0.3 is 0 Å². The summed E-state index contributed by atoms with van der Waals surface area (Å²) in [6, 6.07) is 0. The first kappa shape index (κ1) is 18.1. The lowest BCUT2D eigenvalue weighted by Gasteiger charge is -2.44. The van der Waals surface area contributed by atoms with Gasteiger partial charge in [0.15, 0.2) is 14.6 Å². The van der Waals surface area contributed by atoms with E-state index in [9.17, 15) is 0 Å². The number of rotatable bonds is 8. The molecule has 0 spiro atoms. The maximum Gasteiger partial charge on any atom is 0.184 e. The number of hydrogen-bond donors (Lipinski definition) is 0. The van der Waals surface area contributed by atoms with Crippen molar-refractivity contribution in [3.63, 3.8) is 0 Å². The van der Waals surface area contributed by atoms with E-state index in [0.29, 0.717) is 0 Å². The second-order valence-corrected chi connectivity index (χ2v) is 11.9. The molecule has 2 unspecified atom stereocenters. The van der Waals surface area contributed by atoms with Crippen LogP contribution in [0.4, 0.5) is 0 Å². The van der Waals surface area contributed by atoms with Gasteiger partial charge in [-0.1, -0.05) is 32.6 Å². The Morgan fingerprint density at radius 1 is 1.15 bits per heavy atom. The first-order valence-corrected chi connectivity index (χ1v) is 11.5. The van der Waals surface area contributed by atoms with Crippen LogP contribution < -0.4 is 0 Å². The normalized spacial score (nSPS) is 29.9. The van der Waals surface area contributed by atoms with Crippen molar-refractivity contribution in [2.24, 2.45) is 0 Å². The lowest BCUT2D eigenvalue weighted by atomic mass is 9.81. The molecule has 4 heteroatoms. The van der Waals surface area contributed by atoms with Crippen molar-refractivity contribution in [1.29, 1.82) is 0 Å². The van der Waals surface area contributed by atoms with Gasteiger partial charge in [-0.2, -0.15) is 0 Å². The molecule has 1 aliphatic heterocycles. The molecule has 0 bridgehead atoms. The number of methoxy groups -OCH3 is 1. The van der Waals surface area contributed by atoms with Gasteiger partial charge in [-0.05, 0) is 39.9 Å². The van der Waals surface area contributed by atoms with Crippen molar-refractivity contribution in [3.05, 3.63) is 0 Å². The highest BCUT2D eigenvalue weighted by molar-refractivity contribution is 6.69. The van der Waals surface area contributed by atoms with Gasteiger partial charge in [-0.3, -0.25) is 0 Å². The predicted molar refractivity (Wildman–Crippen MR) is 86.5 cm³/mol. The summed E-state index contributed by atoms with van der Waals surface area (Å²) in [7, 11) is 0.0948. The van der Waals surface area contributed by atoms with Crippen LogP contribution in [0.5, 0.6) is 0 Å². The van der Waals surface area contributed by atoms with E-state index in [-0.39, 0.29) is 17.5 Å². The third kappa shape index (κ3) is 4.55. The van der Waals surface area contributed by atoms with E-state index < -0.39 is 8.32 Å². The first-order valence-electron chi connectivity index (χ1n) is 8.06. The lowest BCUT2D eigenvalue weighted by molar-refractivity contribution is -0.162. The minimum absolute atomic E-state index is 0.132. The van der Waals surface area contributed by atoms with Crippen LogP contribution in [0.1, 0.15) is 59.3 Å². The number of ether oxygens (including phenoxy) is 2. The quantitative estimate of drug-likeness (QED) is 0.480. The van der Waals surface area contributed by atoms with E-state index >= 15 is 0 Å². The largest absolute Gasteiger partial charge is 0.409 e. The standard InChI is InChI=1S/C16H34O3Si/c1-8-9-10-11-12-16(19-20(5,6)7)13-14(17-4)18-15(16,2)3/h14H,8-13H2,1-7H3. The predicted octanol–water partition coefficient (Wildman–Crippen LogP) is 4.72. The Bertz CT molecular complexity index is 299. The van der Waals surface area contributed by atoms with Gasteiger partial charge in [-0.25, -0.2) is 0 Å². The Balaban J connectivity index is 2.83. The SMILES string of the molecule is CCCCCCC1(O[Si](C)(C)C)CC(OC)OC1(C)C. The zero-order valence-corrected chi connectivity index (χ0v) is 15.5. The van der Waals surface area contributed by atoms with E-state index in [0.717, 1.165) is 12.8 Å². The Hall–Kier alpha value is 0.0969. The zero-order chi connectivity index (χ0) is 15.4. The number of unbranched alkanes of at least 4 members (excludes halogenated alkanes) is 3. The smallest absolute Gasteiger partial charge is 0.184 e. The highest BCUT2D eigenvalue weighted by Crippen LogP contribution is 2.47. The van der Waals surface area contributed by atoms with Gasteiger partial charge in [0, 0.05) is 13.5 Å². The van der Waals surface area contributed by atoms with Crippen LogP contribution in [0.15, 0.2) is 0 Å². The molecule has 1 heterocycles. The van der Waals surface area contributed by atoms with Crippen LogP contribution in [0, 0.1) is 0 Å². The average molecular weight is 303 g/mol. The zero-order valence-electron chi connectivity index (χ0n) is 14.5. The van der Waals surface area contributed by atoms with E-state index in [1.165, 1.54) is 25.7 Å². The molecule has 120 valence electrons. The fourth-order valence-corrected chi connectivity index (χ4v) is 4.77. The minimum Gasteiger partial charge on any atom is -0.409 e. The molecule has 2 atom stereocenters.